The van der Waals surface area contributed by atoms with Crippen LogP contribution in [-0.4, -0.2) is 28.8 Å². The number of hydrogen-bond acceptors (Lipinski definition) is 4. The fourth-order valence-electron chi connectivity index (χ4n) is 3.20. The third-order valence-corrected chi connectivity index (χ3v) is 5.28. The maximum atomic E-state index is 12.7. The number of anilines is 1. The Kier molecular flexibility index (Phi) is 5.75. The molecule has 1 aromatic heterocycles. The molecule has 0 radical (unpaired) electrons. The Morgan fingerprint density at radius 2 is 2.04 bits per heavy atom. The zero-order valence-corrected chi connectivity index (χ0v) is 16.1. The van der Waals surface area contributed by atoms with Gasteiger partial charge in [0.05, 0.1) is 22.6 Å². The van der Waals surface area contributed by atoms with Crippen molar-refractivity contribution in [1.82, 2.24) is 9.78 Å². The Labute approximate surface area is 165 Å². The van der Waals surface area contributed by atoms with E-state index < -0.39 is 5.56 Å². The standard InChI is InChI=1S/C17H17Cl3N4O2/c18-11-3-4-13(12(19)7-11)24-17(26)16(20)14(8-22-24)23-5-1-2-10(9-23)6-15(21)25/h3-4,7-8,10H,1-2,5-6,9H2,(H2,21,25). The van der Waals surface area contributed by atoms with E-state index in [-0.39, 0.29) is 16.8 Å². The van der Waals surface area contributed by atoms with Gasteiger partial charge < -0.3 is 10.6 Å². The van der Waals surface area contributed by atoms with Crippen LogP contribution < -0.4 is 16.2 Å². The van der Waals surface area contributed by atoms with E-state index in [0.29, 0.717) is 34.4 Å². The van der Waals surface area contributed by atoms with Gasteiger partial charge in [0.2, 0.25) is 5.91 Å². The minimum atomic E-state index is -0.467. The first-order chi connectivity index (χ1) is 12.4. The fourth-order valence-corrected chi connectivity index (χ4v) is 3.94. The SMILES string of the molecule is NC(=O)CC1CCCN(c2cnn(-c3ccc(Cl)cc3Cl)c(=O)c2Cl)C1. The van der Waals surface area contributed by atoms with Crippen molar-refractivity contribution in [2.75, 3.05) is 18.0 Å². The van der Waals surface area contributed by atoms with Gasteiger partial charge in [-0.15, -0.1) is 0 Å². The lowest BCUT2D eigenvalue weighted by Gasteiger charge is -2.34. The number of nitrogens with two attached hydrogens (primary N) is 1. The second-order valence-corrected chi connectivity index (χ2v) is 7.50. The molecule has 2 heterocycles. The number of piperidine rings is 1. The summed E-state index contributed by atoms with van der Waals surface area (Å²) in [6.45, 7) is 1.34. The van der Waals surface area contributed by atoms with Crippen LogP contribution in [0.3, 0.4) is 0 Å². The second kappa shape index (κ2) is 7.86. The average molecular weight is 416 g/mol. The van der Waals surface area contributed by atoms with Crippen LogP contribution in [0.15, 0.2) is 29.2 Å². The highest BCUT2D eigenvalue weighted by Crippen LogP contribution is 2.29. The molecule has 0 spiro atoms. The lowest BCUT2D eigenvalue weighted by Crippen LogP contribution is -2.38. The number of nitrogens with zero attached hydrogens (tertiary/aromatic N) is 3. The number of carbonyl (C=O) groups excluding carboxylic acids is 1. The molecule has 2 aromatic rings. The van der Waals surface area contributed by atoms with Crippen molar-refractivity contribution in [3.63, 3.8) is 0 Å². The highest BCUT2D eigenvalue weighted by atomic mass is 35.5. The summed E-state index contributed by atoms with van der Waals surface area (Å²) in [6.07, 6.45) is 3.67. The van der Waals surface area contributed by atoms with Crippen LogP contribution in [0.4, 0.5) is 5.69 Å². The molecule has 3 rings (SSSR count). The molecule has 2 N–H and O–H groups in total. The molecular weight excluding hydrogens is 399 g/mol. The highest BCUT2D eigenvalue weighted by molar-refractivity contribution is 6.36. The summed E-state index contributed by atoms with van der Waals surface area (Å²) in [5.41, 5.74) is 5.78. The molecule has 1 amide bonds. The molecule has 0 saturated carbocycles. The van der Waals surface area contributed by atoms with E-state index in [2.05, 4.69) is 5.10 Å². The van der Waals surface area contributed by atoms with Crippen LogP contribution in [0, 0.1) is 5.92 Å². The molecule has 0 aliphatic carbocycles. The van der Waals surface area contributed by atoms with E-state index in [9.17, 15) is 9.59 Å². The van der Waals surface area contributed by atoms with Crippen LogP contribution in [0.25, 0.3) is 5.69 Å². The van der Waals surface area contributed by atoms with Gasteiger partial charge in [-0.25, -0.2) is 0 Å². The summed E-state index contributed by atoms with van der Waals surface area (Å²) >= 11 is 18.4. The largest absolute Gasteiger partial charge is 0.370 e. The number of halogens is 3. The Morgan fingerprint density at radius 1 is 1.27 bits per heavy atom. The molecule has 1 saturated heterocycles. The van der Waals surface area contributed by atoms with Crippen molar-refractivity contribution in [3.8, 4) is 5.69 Å². The van der Waals surface area contributed by atoms with Gasteiger partial charge in [-0.2, -0.15) is 9.78 Å². The number of rotatable bonds is 4. The molecule has 1 atom stereocenters. The number of primary amides is 1. The second-order valence-electron chi connectivity index (χ2n) is 6.28. The Hall–Kier alpha value is -1.76. The summed E-state index contributed by atoms with van der Waals surface area (Å²) < 4.78 is 1.15. The molecular formula is C17H17Cl3N4O2. The van der Waals surface area contributed by atoms with E-state index in [1.165, 1.54) is 6.07 Å². The summed E-state index contributed by atoms with van der Waals surface area (Å²) in [7, 11) is 0. The van der Waals surface area contributed by atoms with Crippen molar-refractivity contribution in [2.24, 2.45) is 11.7 Å². The van der Waals surface area contributed by atoms with Crippen LogP contribution in [0.1, 0.15) is 19.3 Å². The quantitative estimate of drug-likeness (QED) is 0.831. The molecule has 1 unspecified atom stereocenters. The van der Waals surface area contributed by atoms with E-state index in [1.807, 2.05) is 4.90 Å². The van der Waals surface area contributed by atoms with Crippen molar-refractivity contribution >= 4 is 46.4 Å². The van der Waals surface area contributed by atoms with Crippen molar-refractivity contribution < 1.29 is 4.79 Å². The van der Waals surface area contributed by atoms with E-state index in [0.717, 1.165) is 24.1 Å². The highest BCUT2D eigenvalue weighted by Gasteiger charge is 2.25. The molecule has 1 aliphatic rings. The van der Waals surface area contributed by atoms with Crippen LogP contribution in [-0.2, 0) is 4.79 Å². The number of amides is 1. The van der Waals surface area contributed by atoms with Gasteiger partial charge >= 0.3 is 0 Å². The van der Waals surface area contributed by atoms with Gasteiger partial charge in [0.15, 0.2) is 0 Å². The van der Waals surface area contributed by atoms with Crippen molar-refractivity contribution in [3.05, 3.63) is 49.8 Å². The first kappa shape index (κ1) is 19.0. The Morgan fingerprint density at radius 3 is 2.73 bits per heavy atom. The monoisotopic (exact) mass is 414 g/mol. The summed E-state index contributed by atoms with van der Waals surface area (Å²) in [5.74, 6) is -0.181. The van der Waals surface area contributed by atoms with Crippen molar-refractivity contribution in [1.29, 1.82) is 0 Å². The molecule has 9 heteroatoms. The van der Waals surface area contributed by atoms with Gasteiger partial charge in [-0.05, 0) is 37.0 Å². The smallest absolute Gasteiger partial charge is 0.292 e. The van der Waals surface area contributed by atoms with Gasteiger partial charge in [0, 0.05) is 24.5 Å². The normalized spacial score (nSPS) is 17.3. The molecule has 6 nitrogen and oxygen atoms in total. The van der Waals surface area contributed by atoms with Gasteiger partial charge in [0.1, 0.15) is 5.02 Å². The van der Waals surface area contributed by atoms with Crippen molar-refractivity contribution in [2.45, 2.75) is 19.3 Å². The van der Waals surface area contributed by atoms with Crippen LogP contribution >= 0.6 is 34.8 Å². The molecule has 138 valence electrons. The Bertz CT molecular complexity index is 900. The number of hydrogen-bond donors (Lipinski definition) is 1. The van der Waals surface area contributed by atoms with Gasteiger partial charge in [0.25, 0.3) is 5.56 Å². The van der Waals surface area contributed by atoms with E-state index in [1.54, 1.807) is 18.3 Å². The molecule has 0 bridgehead atoms. The first-order valence-electron chi connectivity index (χ1n) is 8.13. The number of carbonyl (C=O) groups is 1. The molecule has 1 fully saturated rings. The Balaban J connectivity index is 1.92. The minimum Gasteiger partial charge on any atom is -0.370 e. The summed E-state index contributed by atoms with van der Waals surface area (Å²) in [4.78, 5) is 25.9. The molecule has 1 aliphatic heterocycles. The third kappa shape index (κ3) is 3.98. The lowest BCUT2D eigenvalue weighted by molar-refractivity contribution is -0.118. The van der Waals surface area contributed by atoms with Crippen LogP contribution in [0.2, 0.25) is 15.1 Å². The maximum absolute atomic E-state index is 12.7. The fraction of sp³-hybridized carbons (Fsp3) is 0.353. The zero-order valence-electron chi connectivity index (χ0n) is 13.8. The van der Waals surface area contributed by atoms with E-state index in [4.69, 9.17) is 40.5 Å². The summed E-state index contributed by atoms with van der Waals surface area (Å²) in [5, 5.41) is 5.04. The minimum absolute atomic E-state index is 0.0609. The van der Waals surface area contributed by atoms with Gasteiger partial charge in [-0.3, -0.25) is 9.59 Å². The van der Waals surface area contributed by atoms with Gasteiger partial charge in [-0.1, -0.05) is 34.8 Å². The number of aromatic nitrogens is 2. The topological polar surface area (TPSA) is 81.2 Å². The first-order valence-corrected chi connectivity index (χ1v) is 9.26. The number of benzene rings is 1. The van der Waals surface area contributed by atoms with Crippen LogP contribution in [0.5, 0.6) is 0 Å². The molecule has 1 aromatic carbocycles. The predicted octanol–water partition coefficient (Wildman–Crippen LogP) is 3.28. The lowest BCUT2D eigenvalue weighted by atomic mass is 9.94. The van der Waals surface area contributed by atoms with E-state index >= 15 is 0 Å². The maximum Gasteiger partial charge on any atom is 0.292 e. The average Bonchev–Trinajstić information content (AvgIpc) is 2.57. The predicted molar refractivity (Wildman–Crippen MR) is 104 cm³/mol. The third-order valence-electron chi connectivity index (χ3n) is 4.39. The molecule has 26 heavy (non-hydrogen) atoms. The summed E-state index contributed by atoms with van der Waals surface area (Å²) in [6, 6.07) is 4.77. The zero-order chi connectivity index (χ0) is 18.8.